The zero-order valence-electron chi connectivity index (χ0n) is 13.4. The van der Waals surface area contributed by atoms with E-state index in [0.717, 1.165) is 16.3 Å². The van der Waals surface area contributed by atoms with Gasteiger partial charge in [-0.25, -0.2) is 14.6 Å². The number of amides is 2. The van der Waals surface area contributed by atoms with Gasteiger partial charge in [0.25, 0.3) is 0 Å². The number of nitrogens with one attached hydrogen (secondary N) is 1. The Morgan fingerprint density at radius 1 is 1.33 bits per heavy atom. The van der Waals surface area contributed by atoms with Crippen molar-refractivity contribution in [3.63, 3.8) is 0 Å². The number of carbonyl (C=O) groups excluding carboxylic acids is 2. The highest BCUT2D eigenvalue weighted by Crippen LogP contribution is 2.22. The fourth-order valence-electron chi connectivity index (χ4n) is 1.95. The minimum Gasteiger partial charge on any atom is -0.455 e. The van der Waals surface area contributed by atoms with E-state index >= 15 is 0 Å². The molecule has 24 heavy (non-hydrogen) atoms. The molecule has 0 saturated carbocycles. The highest BCUT2D eigenvalue weighted by molar-refractivity contribution is 5.81. The average molecular weight is 331 g/mol. The predicted octanol–water partition coefficient (Wildman–Crippen LogP) is 0.877. The Balaban J connectivity index is 2.10. The molecule has 0 aliphatic rings. The molecular weight excluding hydrogens is 312 g/mol. The quantitative estimate of drug-likeness (QED) is 0.340. The summed E-state index contributed by atoms with van der Waals surface area (Å²) in [5.41, 5.74) is 3.49. The largest absolute Gasteiger partial charge is 0.455 e. The van der Waals surface area contributed by atoms with E-state index in [2.05, 4.69) is 10.4 Å². The highest BCUT2D eigenvalue weighted by Gasteiger charge is 2.09. The Morgan fingerprint density at radius 3 is 2.71 bits per heavy atom. The molecule has 0 radical (unpaired) electrons. The first-order chi connectivity index (χ1) is 11.7. The summed E-state index contributed by atoms with van der Waals surface area (Å²) in [5.74, 6) is 1.14. The molecule has 0 aliphatic heterocycles. The molecule has 2 rings (SSSR count). The van der Waals surface area contributed by atoms with Crippen molar-refractivity contribution in [2.45, 2.75) is 0 Å². The number of hydrogen-bond donors (Lipinski definition) is 2. The third kappa shape index (κ3) is 4.51. The summed E-state index contributed by atoms with van der Waals surface area (Å²) in [6, 6.07) is 10.7. The lowest BCUT2D eigenvalue weighted by atomic mass is 10.1. The molecule has 0 atom stereocenters. The maximum absolute atomic E-state index is 11.5. The second-order valence-electron chi connectivity index (χ2n) is 4.73. The standard InChI is InChI=1S/C16H18N4O4/c1-17-16(22)20(9-10-21)18-11-14-7-8-15(24-14)12-3-5-13(6-4-12)19-23-2/h3-8,10-11,19H,9H2,1-2H3,(H,17,22)/p+1/b18-11+. The minimum absolute atomic E-state index is 0.138. The molecule has 1 aromatic carbocycles. The van der Waals surface area contributed by atoms with Crippen LogP contribution in [0.1, 0.15) is 5.76 Å². The van der Waals surface area contributed by atoms with Gasteiger partial charge in [0, 0.05) is 24.7 Å². The normalized spacial score (nSPS) is 10.8. The summed E-state index contributed by atoms with van der Waals surface area (Å²) in [4.78, 5) is 27.1. The topological polar surface area (TPSA) is 101 Å². The van der Waals surface area contributed by atoms with Crippen molar-refractivity contribution < 1.29 is 24.3 Å². The summed E-state index contributed by atoms with van der Waals surface area (Å²) in [7, 11) is 3.06. The number of nitrogens with two attached hydrogens (primary N) is 1. The smallest absolute Gasteiger partial charge is 0.337 e. The van der Waals surface area contributed by atoms with E-state index in [1.165, 1.54) is 13.3 Å². The Kier molecular flexibility index (Phi) is 6.23. The number of hydrogen-bond acceptors (Lipinski definition) is 5. The molecule has 0 bridgehead atoms. The van der Waals surface area contributed by atoms with E-state index in [0.29, 0.717) is 17.8 Å². The third-order valence-corrected chi connectivity index (χ3v) is 3.10. The average Bonchev–Trinajstić information content (AvgIpc) is 3.08. The molecule has 1 aromatic heterocycles. The fourth-order valence-corrected chi connectivity index (χ4v) is 1.95. The van der Waals surface area contributed by atoms with Gasteiger partial charge in [-0.1, -0.05) is 0 Å². The zero-order valence-corrected chi connectivity index (χ0v) is 13.4. The van der Waals surface area contributed by atoms with Crippen LogP contribution in [0.4, 0.5) is 10.5 Å². The molecule has 126 valence electrons. The molecule has 2 amide bonds. The molecule has 0 aliphatic carbocycles. The first-order valence-corrected chi connectivity index (χ1v) is 7.21. The molecule has 3 N–H and O–H groups in total. The van der Waals surface area contributed by atoms with Crippen LogP contribution in [0.3, 0.4) is 0 Å². The number of rotatable bonds is 7. The lowest BCUT2D eigenvalue weighted by Gasteiger charge is -2.12. The molecule has 1 heterocycles. The molecule has 0 fully saturated rings. The van der Waals surface area contributed by atoms with Crippen molar-refractivity contribution in [1.29, 1.82) is 0 Å². The van der Waals surface area contributed by atoms with Crippen LogP contribution in [-0.4, -0.2) is 44.2 Å². The monoisotopic (exact) mass is 331 g/mol. The van der Waals surface area contributed by atoms with E-state index < -0.39 is 6.03 Å². The van der Waals surface area contributed by atoms with Crippen LogP contribution in [0, 0.1) is 0 Å². The van der Waals surface area contributed by atoms with E-state index in [-0.39, 0.29) is 6.54 Å². The Hall–Kier alpha value is -2.97. The fraction of sp³-hybridized carbons (Fsp3) is 0.188. The van der Waals surface area contributed by atoms with Crippen LogP contribution >= 0.6 is 0 Å². The molecular formula is C16H19N4O4+. The SMILES string of the molecule is CNC(=O)N(CC=O)/N=C/c1ccc(-c2ccc([NH2+]OC)cc2)o1. The summed E-state index contributed by atoms with van der Waals surface area (Å²) >= 11 is 0. The van der Waals surface area contributed by atoms with Crippen LogP contribution in [0.5, 0.6) is 0 Å². The Labute approximate surface area is 139 Å². The molecule has 2 aromatic rings. The molecule has 8 nitrogen and oxygen atoms in total. The molecule has 0 unspecified atom stereocenters. The van der Waals surface area contributed by atoms with Crippen molar-refractivity contribution in [1.82, 2.24) is 10.3 Å². The van der Waals surface area contributed by atoms with Gasteiger partial charge in [-0.3, -0.25) is 0 Å². The number of furan rings is 1. The number of aldehydes is 1. The van der Waals surface area contributed by atoms with Gasteiger partial charge in [-0.15, -0.1) is 0 Å². The van der Waals surface area contributed by atoms with E-state index in [9.17, 15) is 9.59 Å². The van der Waals surface area contributed by atoms with Crippen molar-refractivity contribution in [3.05, 3.63) is 42.2 Å². The van der Waals surface area contributed by atoms with Gasteiger partial charge in [0.1, 0.15) is 24.4 Å². The van der Waals surface area contributed by atoms with Crippen LogP contribution in [0.2, 0.25) is 0 Å². The first-order valence-electron chi connectivity index (χ1n) is 7.21. The van der Waals surface area contributed by atoms with E-state index in [4.69, 9.17) is 9.25 Å². The third-order valence-electron chi connectivity index (χ3n) is 3.10. The molecule has 0 spiro atoms. The maximum atomic E-state index is 11.5. The number of quaternary nitrogens is 1. The number of benzene rings is 1. The van der Waals surface area contributed by atoms with Crippen molar-refractivity contribution in [2.24, 2.45) is 5.10 Å². The van der Waals surface area contributed by atoms with E-state index in [1.54, 1.807) is 24.7 Å². The minimum atomic E-state index is -0.477. The van der Waals surface area contributed by atoms with Crippen LogP contribution < -0.4 is 10.8 Å². The molecule has 0 saturated heterocycles. The Bertz CT molecular complexity index is 709. The molecule has 8 heteroatoms. The van der Waals surface area contributed by atoms with Crippen molar-refractivity contribution in [3.8, 4) is 11.3 Å². The van der Waals surface area contributed by atoms with Gasteiger partial charge >= 0.3 is 6.03 Å². The summed E-state index contributed by atoms with van der Waals surface area (Å²) in [6.45, 7) is -0.138. The van der Waals surface area contributed by atoms with E-state index in [1.807, 2.05) is 24.3 Å². The van der Waals surface area contributed by atoms with Gasteiger partial charge < -0.3 is 14.5 Å². The van der Waals surface area contributed by atoms with Crippen molar-refractivity contribution in [2.75, 3.05) is 20.7 Å². The van der Waals surface area contributed by atoms with Crippen LogP contribution in [0.25, 0.3) is 11.3 Å². The summed E-state index contributed by atoms with van der Waals surface area (Å²) in [6.07, 6.45) is 1.98. The lowest BCUT2D eigenvalue weighted by molar-refractivity contribution is -0.830. The number of hydrazone groups is 1. The lowest BCUT2D eigenvalue weighted by Crippen LogP contribution is -2.75. The summed E-state index contributed by atoms with van der Waals surface area (Å²) < 4.78 is 5.67. The van der Waals surface area contributed by atoms with Crippen molar-refractivity contribution >= 4 is 24.2 Å². The Morgan fingerprint density at radius 2 is 2.08 bits per heavy atom. The highest BCUT2D eigenvalue weighted by atomic mass is 16.6. The first kappa shape index (κ1) is 17.4. The number of nitrogens with zero attached hydrogens (tertiary/aromatic N) is 2. The zero-order chi connectivity index (χ0) is 17.4. The van der Waals surface area contributed by atoms with Gasteiger partial charge in [-0.2, -0.15) is 10.6 Å². The predicted molar refractivity (Wildman–Crippen MR) is 87.6 cm³/mol. The van der Waals surface area contributed by atoms with Gasteiger partial charge in [0.2, 0.25) is 0 Å². The number of urea groups is 1. The number of carbonyl (C=O) groups is 2. The maximum Gasteiger partial charge on any atom is 0.337 e. The van der Waals surface area contributed by atoms with Crippen LogP contribution in [-0.2, 0) is 9.63 Å². The summed E-state index contributed by atoms with van der Waals surface area (Å²) in [5, 5.41) is 7.36. The second-order valence-corrected chi connectivity index (χ2v) is 4.73. The van der Waals surface area contributed by atoms with Gasteiger partial charge in [-0.05, 0) is 24.3 Å². The second kappa shape index (κ2) is 8.61. The van der Waals surface area contributed by atoms with Gasteiger partial charge in [0.15, 0.2) is 5.69 Å². The van der Waals surface area contributed by atoms with Gasteiger partial charge in [0.05, 0.1) is 13.3 Å². The van der Waals surface area contributed by atoms with Crippen LogP contribution in [0.15, 0.2) is 45.9 Å².